The Hall–Kier alpha value is -0.0800. The zero-order chi connectivity index (χ0) is 11.5. The van der Waals surface area contributed by atoms with Crippen LogP contribution >= 0.6 is 0 Å². The molecule has 0 aliphatic heterocycles. The SMILES string of the molecule is CCCCN(CC)C(CCC)CNCC. The standard InChI is InChI=1S/C13H30N2/c1-5-9-11-15(8-4)13(10-6-2)12-14-7-3/h13-14H,5-12H2,1-4H3. The van der Waals surface area contributed by atoms with E-state index in [9.17, 15) is 0 Å². The molecular weight excluding hydrogens is 184 g/mol. The lowest BCUT2D eigenvalue weighted by Gasteiger charge is -2.30. The Labute approximate surface area is 96.4 Å². The first-order valence-electron chi connectivity index (χ1n) is 6.74. The molecule has 1 unspecified atom stereocenters. The van der Waals surface area contributed by atoms with Crippen LogP contribution in [0, 0.1) is 0 Å². The Morgan fingerprint density at radius 3 is 2.27 bits per heavy atom. The normalized spacial score (nSPS) is 13.4. The van der Waals surface area contributed by atoms with E-state index in [1.54, 1.807) is 0 Å². The number of rotatable bonds is 10. The zero-order valence-electron chi connectivity index (χ0n) is 11.2. The summed E-state index contributed by atoms with van der Waals surface area (Å²) >= 11 is 0. The molecule has 0 spiro atoms. The van der Waals surface area contributed by atoms with Crippen LogP contribution in [0.2, 0.25) is 0 Å². The van der Waals surface area contributed by atoms with Crippen LogP contribution < -0.4 is 5.32 Å². The van der Waals surface area contributed by atoms with Crippen molar-refractivity contribution < 1.29 is 0 Å². The van der Waals surface area contributed by atoms with E-state index in [1.807, 2.05) is 0 Å². The zero-order valence-corrected chi connectivity index (χ0v) is 11.2. The van der Waals surface area contributed by atoms with Gasteiger partial charge in [-0.2, -0.15) is 0 Å². The third-order valence-electron chi connectivity index (χ3n) is 2.97. The molecule has 2 heteroatoms. The second kappa shape index (κ2) is 10.4. The minimum atomic E-state index is 0.742. The van der Waals surface area contributed by atoms with E-state index in [-0.39, 0.29) is 0 Å². The number of hydrogen-bond acceptors (Lipinski definition) is 2. The second-order valence-electron chi connectivity index (χ2n) is 4.23. The van der Waals surface area contributed by atoms with Crippen molar-refractivity contribution in [3.8, 4) is 0 Å². The van der Waals surface area contributed by atoms with Gasteiger partial charge in [-0.3, -0.25) is 4.90 Å². The fraction of sp³-hybridized carbons (Fsp3) is 1.00. The summed E-state index contributed by atoms with van der Waals surface area (Å²) in [6, 6.07) is 0.742. The van der Waals surface area contributed by atoms with Gasteiger partial charge in [0.05, 0.1) is 0 Å². The molecule has 0 bridgehead atoms. The van der Waals surface area contributed by atoms with Gasteiger partial charge in [-0.1, -0.05) is 40.5 Å². The molecule has 0 aliphatic carbocycles. The molecular formula is C13H30N2. The highest BCUT2D eigenvalue weighted by molar-refractivity contribution is 4.72. The molecule has 0 aromatic heterocycles. The van der Waals surface area contributed by atoms with Crippen molar-refractivity contribution >= 4 is 0 Å². The van der Waals surface area contributed by atoms with Gasteiger partial charge in [0.25, 0.3) is 0 Å². The first-order chi connectivity index (χ1) is 7.29. The van der Waals surface area contributed by atoms with Gasteiger partial charge in [0, 0.05) is 12.6 Å². The summed E-state index contributed by atoms with van der Waals surface area (Å²) in [5, 5.41) is 3.48. The van der Waals surface area contributed by atoms with Crippen molar-refractivity contribution in [2.24, 2.45) is 0 Å². The number of likely N-dealkylation sites (N-methyl/N-ethyl adjacent to an activating group) is 2. The van der Waals surface area contributed by atoms with Gasteiger partial charge >= 0.3 is 0 Å². The lowest BCUT2D eigenvalue weighted by molar-refractivity contribution is 0.188. The van der Waals surface area contributed by atoms with Crippen LogP contribution in [0.1, 0.15) is 53.4 Å². The Bertz CT molecular complexity index is 126. The monoisotopic (exact) mass is 214 g/mol. The number of hydrogen-bond donors (Lipinski definition) is 1. The topological polar surface area (TPSA) is 15.3 Å². The minimum Gasteiger partial charge on any atom is -0.315 e. The van der Waals surface area contributed by atoms with Crippen molar-refractivity contribution in [3.63, 3.8) is 0 Å². The van der Waals surface area contributed by atoms with Gasteiger partial charge in [-0.15, -0.1) is 0 Å². The van der Waals surface area contributed by atoms with Crippen LogP contribution in [0.5, 0.6) is 0 Å². The molecule has 2 nitrogen and oxygen atoms in total. The lowest BCUT2D eigenvalue weighted by Crippen LogP contribution is -2.42. The van der Waals surface area contributed by atoms with E-state index >= 15 is 0 Å². The van der Waals surface area contributed by atoms with Gasteiger partial charge in [0.1, 0.15) is 0 Å². The minimum absolute atomic E-state index is 0.742. The van der Waals surface area contributed by atoms with Gasteiger partial charge in [0.2, 0.25) is 0 Å². The molecule has 0 saturated carbocycles. The Kier molecular flexibility index (Phi) is 10.4. The molecule has 0 saturated heterocycles. The summed E-state index contributed by atoms with van der Waals surface area (Å²) in [7, 11) is 0. The molecule has 0 aromatic rings. The van der Waals surface area contributed by atoms with Gasteiger partial charge in [0.15, 0.2) is 0 Å². The number of nitrogens with zero attached hydrogens (tertiary/aromatic N) is 1. The van der Waals surface area contributed by atoms with Crippen molar-refractivity contribution in [3.05, 3.63) is 0 Å². The van der Waals surface area contributed by atoms with E-state index in [4.69, 9.17) is 0 Å². The van der Waals surface area contributed by atoms with Crippen LogP contribution in [0.25, 0.3) is 0 Å². The van der Waals surface area contributed by atoms with Crippen LogP contribution in [0.15, 0.2) is 0 Å². The summed E-state index contributed by atoms with van der Waals surface area (Å²) in [6.45, 7) is 13.7. The van der Waals surface area contributed by atoms with Crippen molar-refractivity contribution in [2.45, 2.75) is 59.4 Å². The Balaban J connectivity index is 4.00. The van der Waals surface area contributed by atoms with E-state index < -0.39 is 0 Å². The summed E-state index contributed by atoms with van der Waals surface area (Å²) in [5.41, 5.74) is 0. The highest BCUT2D eigenvalue weighted by atomic mass is 15.2. The molecule has 0 heterocycles. The average molecular weight is 214 g/mol. The van der Waals surface area contributed by atoms with Crippen LogP contribution in [0.3, 0.4) is 0 Å². The van der Waals surface area contributed by atoms with Gasteiger partial charge in [-0.05, 0) is 32.5 Å². The van der Waals surface area contributed by atoms with E-state index in [2.05, 4.69) is 37.9 Å². The summed E-state index contributed by atoms with van der Waals surface area (Å²) < 4.78 is 0. The Morgan fingerprint density at radius 2 is 1.80 bits per heavy atom. The smallest absolute Gasteiger partial charge is 0.0220 e. The summed E-state index contributed by atoms with van der Waals surface area (Å²) in [5.74, 6) is 0. The van der Waals surface area contributed by atoms with E-state index in [1.165, 1.54) is 38.8 Å². The Morgan fingerprint density at radius 1 is 1.07 bits per heavy atom. The maximum absolute atomic E-state index is 3.48. The molecule has 15 heavy (non-hydrogen) atoms. The molecule has 0 radical (unpaired) electrons. The number of nitrogens with one attached hydrogen (secondary N) is 1. The maximum Gasteiger partial charge on any atom is 0.0220 e. The van der Waals surface area contributed by atoms with Crippen LogP contribution in [-0.4, -0.2) is 37.1 Å². The average Bonchev–Trinajstić information content (AvgIpc) is 2.26. The third kappa shape index (κ3) is 6.91. The summed E-state index contributed by atoms with van der Waals surface area (Å²) in [4.78, 5) is 2.63. The second-order valence-corrected chi connectivity index (χ2v) is 4.23. The highest BCUT2D eigenvalue weighted by Crippen LogP contribution is 2.07. The van der Waals surface area contributed by atoms with E-state index in [0.29, 0.717) is 0 Å². The molecule has 1 N–H and O–H groups in total. The predicted octanol–water partition coefficient (Wildman–Crippen LogP) is 2.89. The maximum atomic E-state index is 3.48. The van der Waals surface area contributed by atoms with Crippen LogP contribution in [0.4, 0.5) is 0 Å². The van der Waals surface area contributed by atoms with Crippen molar-refractivity contribution in [1.29, 1.82) is 0 Å². The van der Waals surface area contributed by atoms with Crippen molar-refractivity contribution in [2.75, 3.05) is 26.2 Å². The molecule has 0 aromatic carbocycles. The fourth-order valence-corrected chi connectivity index (χ4v) is 2.02. The summed E-state index contributed by atoms with van der Waals surface area (Å²) in [6.07, 6.45) is 5.25. The molecule has 0 rings (SSSR count). The van der Waals surface area contributed by atoms with E-state index in [0.717, 1.165) is 19.1 Å². The molecule has 1 atom stereocenters. The van der Waals surface area contributed by atoms with Crippen molar-refractivity contribution in [1.82, 2.24) is 10.2 Å². The lowest BCUT2D eigenvalue weighted by atomic mass is 10.1. The van der Waals surface area contributed by atoms with Gasteiger partial charge < -0.3 is 5.32 Å². The molecule has 92 valence electrons. The largest absolute Gasteiger partial charge is 0.315 e. The quantitative estimate of drug-likeness (QED) is 0.601. The highest BCUT2D eigenvalue weighted by Gasteiger charge is 2.14. The molecule has 0 aliphatic rings. The fourth-order valence-electron chi connectivity index (χ4n) is 2.02. The first kappa shape index (κ1) is 14.9. The molecule has 0 fully saturated rings. The van der Waals surface area contributed by atoms with Crippen LogP contribution in [-0.2, 0) is 0 Å². The third-order valence-corrected chi connectivity index (χ3v) is 2.97. The first-order valence-corrected chi connectivity index (χ1v) is 6.74. The number of unbranched alkanes of at least 4 members (excludes halogenated alkanes) is 1. The molecule has 0 amide bonds. The van der Waals surface area contributed by atoms with Gasteiger partial charge in [-0.25, -0.2) is 0 Å². The predicted molar refractivity (Wildman–Crippen MR) is 69.4 cm³/mol.